The number of anilines is 1. The first-order valence-electron chi connectivity index (χ1n) is 11.1. The van der Waals surface area contributed by atoms with E-state index in [1.807, 2.05) is 4.90 Å². The highest BCUT2D eigenvalue weighted by Crippen LogP contribution is 2.19. The first kappa shape index (κ1) is 21.8. The number of nitrogens with one attached hydrogen (secondary N) is 1. The van der Waals surface area contributed by atoms with Crippen LogP contribution in [0.5, 0.6) is 0 Å². The van der Waals surface area contributed by atoms with Crippen LogP contribution < -0.4 is 10.2 Å². The first-order chi connectivity index (χ1) is 14.2. The summed E-state index contributed by atoms with van der Waals surface area (Å²) in [5, 5.41) is 4.46. The summed E-state index contributed by atoms with van der Waals surface area (Å²) >= 11 is 1.50. The third-order valence-electron chi connectivity index (χ3n) is 5.48. The standard InChI is InChI=1S/C20H35N7OS/c1-3-17-23-20(29-24-17)27-15-13-26(14-16-27)19(21-4-2)22-10-8-12-25-11-7-5-6-9-18(25)28/h3-16H2,1-2H3,(H,21,22). The number of hydrogen-bond donors (Lipinski definition) is 1. The fourth-order valence-electron chi connectivity index (χ4n) is 3.77. The van der Waals surface area contributed by atoms with Gasteiger partial charge in [0.15, 0.2) is 5.96 Å². The van der Waals surface area contributed by atoms with Gasteiger partial charge in [0.2, 0.25) is 11.0 Å². The second kappa shape index (κ2) is 11.3. The Kier molecular flexibility index (Phi) is 8.52. The average Bonchev–Trinajstić information content (AvgIpc) is 3.14. The van der Waals surface area contributed by atoms with E-state index in [2.05, 4.69) is 38.3 Å². The molecule has 3 rings (SSSR count). The highest BCUT2D eigenvalue weighted by atomic mass is 32.1. The minimum atomic E-state index is 0.317. The SMILES string of the molecule is CCNC(=NCCCN1CCCCCC1=O)N1CCN(c2nc(CC)ns2)CC1. The molecule has 162 valence electrons. The Bertz CT molecular complexity index is 670. The van der Waals surface area contributed by atoms with E-state index in [0.29, 0.717) is 12.3 Å². The number of guanidine groups is 1. The molecule has 0 aliphatic carbocycles. The van der Waals surface area contributed by atoms with Crippen molar-refractivity contribution in [3.63, 3.8) is 0 Å². The van der Waals surface area contributed by atoms with Gasteiger partial charge in [-0.2, -0.15) is 4.37 Å². The molecular formula is C20H35N7OS. The minimum Gasteiger partial charge on any atom is -0.357 e. The third-order valence-corrected chi connectivity index (χ3v) is 6.29. The van der Waals surface area contributed by atoms with Crippen LogP contribution in [0.15, 0.2) is 4.99 Å². The van der Waals surface area contributed by atoms with Gasteiger partial charge < -0.3 is 20.0 Å². The summed E-state index contributed by atoms with van der Waals surface area (Å²) in [6.45, 7) is 11.3. The third kappa shape index (κ3) is 6.29. The molecule has 0 saturated carbocycles. The lowest BCUT2D eigenvalue weighted by Gasteiger charge is -2.36. The zero-order valence-corrected chi connectivity index (χ0v) is 18.7. The Labute approximate surface area is 178 Å². The maximum Gasteiger partial charge on any atom is 0.222 e. The number of carbonyl (C=O) groups is 1. The number of aliphatic imine (C=N–C) groups is 1. The molecule has 0 atom stereocenters. The summed E-state index contributed by atoms with van der Waals surface area (Å²) in [6, 6.07) is 0. The monoisotopic (exact) mass is 421 g/mol. The van der Waals surface area contributed by atoms with Crippen molar-refractivity contribution in [2.45, 2.75) is 52.4 Å². The van der Waals surface area contributed by atoms with E-state index in [1.165, 1.54) is 18.0 Å². The summed E-state index contributed by atoms with van der Waals surface area (Å²) in [5.74, 6) is 2.24. The van der Waals surface area contributed by atoms with Gasteiger partial charge in [-0.15, -0.1) is 0 Å². The number of aryl methyl sites for hydroxylation is 1. The summed E-state index contributed by atoms with van der Waals surface area (Å²) < 4.78 is 4.40. The van der Waals surface area contributed by atoms with Crippen molar-refractivity contribution in [1.29, 1.82) is 0 Å². The molecule has 1 aromatic rings. The average molecular weight is 422 g/mol. The van der Waals surface area contributed by atoms with Crippen LogP contribution in [-0.2, 0) is 11.2 Å². The second-order valence-electron chi connectivity index (χ2n) is 7.60. The van der Waals surface area contributed by atoms with Crippen molar-refractivity contribution < 1.29 is 4.79 Å². The van der Waals surface area contributed by atoms with Crippen LogP contribution in [0.25, 0.3) is 0 Å². The van der Waals surface area contributed by atoms with E-state index in [1.54, 1.807) is 0 Å². The largest absolute Gasteiger partial charge is 0.357 e. The topological polar surface area (TPSA) is 77.0 Å². The predicted molar refractivity (Wildman–Crippen MR) is 119 cm³/mol. The molecule has 2 saturated heterocycles. The molecule has 0 aromatic carbocycles. The van der Waals surface area contributed by atoms with E-state index in [-0.39, 0.29) is 0 Å². The van der Waals surface area contributed by atoms with Crippen molar-refractivity contribution in [1.82, 2.24) is 24.5 Å². The maximum atomic E-state index is 12.1. The summed E-state index contributed by atoms with van der Waals surface area (Å²) in [6.07, 6.45) is 5.87. The van der Waals surface area contributed by atoms with Gasteiger partial charge in [0.05, 0.1) is 0 Å². The smallest absolute Gasteiger partial charge is 0.222 e. The van der Waals surface area contributed by atoms with Crippen molar-refractivity contribution >= 4 is 28.5 Å². The van der Waals surface area contributed by atoms with E-state index < -0.39 is 0 Å². The van der Waals surface area contributed by atoms with E-state index in [9.17, 15) is 4.79 Å². The predicted octanol–water partition coefficient (Wildman–Crippen LogP) is 1.98. The molecule has 3 heterocycles. The molecule has 0 bridgehead atoms. The van der Waals surface area contributed by atoms with Crippen LogP contribution in [0, 0.1) is 0 Å². The van der Waals surface area contributed by atoms with Gasteiger partial charge in [-0.05, 0) is 26.2 Å². The molecule has 2 fully saturated rings. The van der Waals surface area contributed by atoms with Gasteiger partial charge in [0.25, 0.3) is 0 Å². The molecule has 9 heteroatoms. The molecule has 2 aliphatic heterocycles. The Morgan fingerprint density at radius 1 is 1.14 bits per heavy atom. The van der Waals surface area contributed by atoms with Crippen LogP contribution in [0.4, 0.5) is 5.13 Å². The molecule has 1 amide bonds. The molecule has 0 unspecified atom stereocenters. The summed E-state index contributed by atoms with van der Waals surface area (Å²) in [5.41, 5.74) is 0. The fourth-order valence-corrected chi connectivity index (χ4v) is 4.57. The number of carbonyl (C=O) groups excluding carboxylic acids is 1. The molecular weight excluding hydrogens is 386 g/mol. The summed E-state index contributed by atoms with van der Waals surface area (Å²) in [4.78, 5) is 28.2. The van der Waals surface area contributed by atoms with Crippen molar-refractivity contribution in [3.8, 4) is 0 Å². The number of amides is 1. The second-order valence-corrected chi connectivity index (χ2v) is 8.33. The van der Waals surface area contributed by atoms with Crippen LogP contribution in [0.3, 0.4) is 0 Å². The van der Waals surface area contributed by atoms with Crippen LogP contribution in [0.1, 0.15) is 51.8 Å². The quantitative estimate of drug-likeness (QED) is 0.412. The lowest BCUT2D eigenvalue weighted by molar-refractivity contribution is -0.130. The lowest BCUT2D eigenvalue weighted by Crippen LogP contribution is -2.52. The Hall–Kier alpha value is -1.90. The van der Waals surface area contributed by atoms with Crippen molar-refractivity contribution in [2.24, 2.45) is 4.99 Å². The van der Waals surface area contributed by atoms with Gasteiger partial charge in [-0.25, -0.2) is 4.98 Å². The van der Waals surface area contributed by atoms with Crippen LogP contribution in [0.2, 0.25) is 0 Å². The molecule has 1 N–H and O–H groups in total. The zero-order valence-electron chi connectivity index (χ0n) is 17.9. The molecule has 8 nitrogen and oxygen atoms in total. The number of rotatable bonds is 7. The van der Waals surface area contributed by atoms with Gasteiger partial charge in [0.1, 0.15) is 5.82 Å². The first-order valence-corrected chi connectivity index (χ1v) is 11.9. The van der Waals surface area contributed by atoms with Crippen molar-refractivity contribution in [2.75, 3.05) is 57.3 Å². The van der Waals surface area contributed by atoms with E-state index >= 15 is 0 Å². The number of hydrogen-bond acceptors (Lipinski definition) is 6. The fraction of sp³-hybridized carbons (Fsp3) is 0.800. The lowest BCUT2D eigenvalue weighted by atomic mass is 10.2. The van der Waals surface area contributed by atoms with E-state index in [4.69, 9.17) is 4.99 Å². The molecule has 2 aliphatic rings. The molecule has 0 spiro atoms. The zero-order chi connectivity index (χ0) is 20.5. The maximum absolute atomic E-state index is 12.1. The Morgan fingerprint density at radius 3 is 2.69 bits per heavy atom. The van der Waals surface area contributed by atoms with Gasteiger partial charge >= 0.3 is 0 Å². The van der Waals surface area contributed by atoms with E-state index in [0.717, 1.165) is 95.0 Å². The number of likely N-dealkylation sites (tertiary alicyclic amines) is 1. The highest BCUT2D eigenvalue weighted by Gasteiger charge is 2.22. The normalized spacial score (nSPS) is 18.9. The molecule has 0 radical (unpaired) electrons. The van der Waals surface area contributed by atoms with Crippen molar-refractivity contribution in [3.05, 3.63) is 5.82 Å². The van der Waals surface area contributed by atoms with Crippen LogP contribution in [-0.4, -0.2) is 83.4 Å². The van der Waals surface area contributed by atoms with Gasteiger partial charge in [-0.1, -0.05) is 13.3 Å². The van der Waals surface area contributed by atoms with Crippen LogP contribution >= 0.6 is 11.5 Å². The highest BCUT2D eigenvalue weighted by molar-refractivity contribution is 7.09. The minimum absolute atomic E-state index is 0.317. The Balaban J connectivity index is 1.47. The van der Waals surface area contributed by atoms with Gasteiger partial charge in [0, 0.05) is 76.7 Å². The summed E-state index contributed by atoms with van der Waals surface area (Å²) in [7, 11) is 0. The molecule has 29 heavy (non-hydrogen) atoms. The number of nitrogens with zero attached hydrogens (tertiary/aromatic N) is 6. The van der Waals surface area contributed by atoms with Gasteiger partial charge in [-0.3, -0.25) is 9.79 Å². The number of aromatic nitrogens is 2. The Morgan fingerprint density at radius 2 is 1.97 bits per heavy atom. The number of piperazine rings is 1. The molecule has 1 aromatic heterocycles.